The number of quaternary nitrogens is 1. The van der Waals surface area contributed by atoms with Crippen LogP contribution in [0.2, 0.25) is 0 Å². The number of para-hydroxylation sites is 1. The number of carbonyl (C=O) groups is 1. The Morgan fingerprint density at radius 3 is 2.52 bits per heavy atom. The van der Waals surface area contributed by atoms with E-state index < -0.39 is 6.04 Å². The second kappa shape index (κ2) is 10.0. The lowest BCUT2D eigenvalue weighted by molar-refractivity contribution is -0.896. The number of ether oxygens (including phenoxy) is 1. The molecule has 0 unspecified atom stereocenters. The fourth-order valence-electron chi connectivity index (χ4n) is 4.55. The standard InChI is InChI=1S/C27H30N2O4/c1-4-18-32-20-14-12-19(13-15-20)24-23-25(30)21-10-7-8-11-22(21)33-26(23)27(31)29(24)17-9-16-28(5-2)6-3/h4,7-8,10-15,24H,1,5-6,9,16-18H2,2-3H3/p+1/t24-/m1/s1. The number of carbonyl (C=O) groups excluding carboxylic acids is 1. The second-order valence-corrected chi connectivity index (χ2v) is 8.30. The lowest BCUT2D eigenvalue weighted by Gasteiger charge is -2.26. The minimum Gasteiger partial charge on any atom is -0.490 e. The lowest BCUT2D eigenvalue weighted by Crippen LogP contribution is -3.11. The van der Waals surface area contributed by atoms with Gasteiger partial charge >= 0.3 is 0 Å². The number of benzene rings is 2. The molecule has 0 bridgehead atoms. The predicted molar refractivity (Wildman–Crippen MR) is 129 cm³/mol. The van der Waals surface area contributed by atoms with E-state index in [2.05, 4.69) is 20.4 Å². The first-order chi connectivity index (χ1) is 16.1. The average molecular weight is 448 g/mol. The summed E-state index contributed by atoms with van der Waals surface area (Å²) in [4.78, 5) is 30.2. The summed E-state index contributed by atoms with van der Waals surface area (Å²) < 4.78 is 11.6. The molecular weight excluding hydrogens is 416 g/mol. The molecule has 1 amide bonds. The number of nitrogens with zero attached hydrogens (tertiary/aromatic N) is 1. The molecule has 6 nitrogen and oxygen atoms in total. The summed E-state index contributed by atoms with van der Waals surface area (Å²) in [7, 11) is 0. The van der Waals surface area contributed by atoms with Gasteiger partial charge in [-0.25, -0.2) is 0 Å². The molecule has 0 radical (unpaired) electrons. The van der Waals surface area contributed by atoms with E-state index in [0.29, 0.717) is 35.4 Å². The Kier molecular flexibility index (Phi) is 6.94. The molecule has 0 saturated heterocycles. The maximum absolute atomic E-state index is 13.5. The summed E-state index contributed by atoms with van der Waals surface area (Å²) >= 11 is 0. The van der Waals surface area contributed by atoms with Crippen molar-refractivity contribution in [1.82, 2.24) is 4.90 Å². The van der Waals surface area contributed by atoms with Crippen molar-refractivity contribution in [1.29, 1.82) is 0 Å². The number of hydrogen-bond donors (Lipinski definition) is 1. The second-order valence-electron chi connectivity index (χ2n) is 8.30. The van der Waals surface area contributed by atoms with Crippen LogP contribution in [0, 0.1) is 0 Å². The molecule has 1 aliphatic heterocycles. The SMILES string of the molecule is C=CCOc1ccc([C@@H]2c3c(oc4ccccc4c3=O)C(=O)N2CCC[NH+](CC)CC)cc1. The van der Waals surface area contributed by atoms with E-state index in [1.807, 2.05) is 30.3 Å². The van der Waals surface area contributed by atoms with Gasteiger partial charge < -0.3 is 19.0 Å². The molecule has 0 spiro atoms. The maximum atomic E-state index is 13.5. The first-order valence-corrected chi connectivity index (χ1v) is 11.6. The van der Waals surface area contributed by atoms with Gasteiger partial charge in [0.05, 0.1) is 36.6 Å². The first-order valence-electron chi connectivity index (χ1n) is 11.6. The molecule has 2 aromatic carbocycles. The Morgan fingerprint density at radius 2 is 1.82 bits per heavy atom. The lowest BCUT2D eigenvalue weighted by atomic mass is 9.98. The molecule has 3 aromatic rings. The smallest absolute Gasteiger partial charge is 0.290 e. The highest BCUT2D eigenvalue weighted by molar-refractivity contribution is 5.99. The Morgan fingerprint density at radius 1 is 1.09 bits per heavy atom. The minimum atomic E-state index is -0.478. The Labute approximate surface area is 194 Å². The van der Waals surface area contributed by atoms with Crippen LogP contribution in [0.3, 0.4) is 0 Å². The Hall–Kier alpha value is -3.38. The van der Waals surface area contributed by atoms with Gasteiger partial charge in [-0.05, 0) is 43.7 Å². The zero-order valence-electron chi connectivity index (χ0n) is 19.3. The van der Waals surface area contributed by atoms with Crippen molar-refractivity contribution in [3.05, 3.63) is 88.3 Å². The summed E-state index contributed by atoms with van der Waals surface area (Å²) in [6, 6.07) is 14.2. The van der Waals surface area contributed by atoms with Crippen LogP contribution in [-0.2, 0) is 0 Å². The number of rotatable bonds is 10. The third-order valence-corrected chi connectivity index (χ3v) is 6.37. The van der Waals surface area contributed by atoms with E-state index in [1.54, 1.807) is 29.2 Å². The summed E-state index contributed by atoms with van der Waals surface area (Å²) in [6.07, 6.45) is 2.54. The van der Waals surface area contributed by atoms with Crippen LogP contribution in [0.5, 0.6) is 5.75 Å². The highest BCUT2D eigenvalue weighted by Crippen LogP contribution is 2.38. The van der Waals surface area contributed by atoms with Gasteiger partial charge in [-0.15, -0.1) is 0 Å². The molecule has 0 saturated carbocycles. The molecule has 0 aliphatic carbocycles. The van der Waals surface area contributed by atoms with Crippen LogP contribution in [0.25, 0.3) is 11.0 Å². The number of fused-ring (bicyclic) bond motifs is 2. The minimum absolute atomic E-state index is 0.144. The average Bonchev–Trinajstić information content (AvgIpc) is 3.12. The molecule has 4 rings (SSSR count). The zero-order valence-corrected chi connectivity index (χ0v) is 19.3. The molecular formula is C27H31N2O4+. The van der Waals surface area contributed by atoms with Gasteiger partial charge in [0.25, 0.3) is 5.91 Å². The van der Waals surface area contributed by atoms with Gasteiger partial charge in [-0.1, -0.05) is 36.9 Å². The van der Waals surface area contributed by atoms with Crippen molar-refractivity contribution in [2.45, 2.75) is 26.3 Å². The third kappa shape index (κ3) is 4.44. The number of amides is 1. The molecule has 33 heavy (non-hydrogen) atoms. The van der Waals surface area contributed by atoms with Crippen molar-refractivity contribution >= 4 is 16.9 Å². The van der Waals surface area contributed by atoms with E-state index in [0.717, 1.165) is 31.6 Å². The largest absolute Gasteiger partial charge is 0.490 e. The van der Waals surface area contributed by atoms with Crippen LogP contribution >= 0.6 is 0 Å². The van der Waals surface area contributed by atoms with Crippen LogP contribution in [0.1, 0.15) is 48.0 Å². The van der Waals surface area contributed by atoms with E-state index in [1.165, 1.54) is 4.90 Å². The van der Waals surface area contributed by atoms with Crippen LogP contribution in [0.4, 0.5) is 0 Å². The molecule has 6 heteroatoms. The molecule has 1 atom stereocenters. The molecule has 1 N–H and O–H groups in total. The molecule has 2 heterocycles. The number of nitrogens with one attached hydrogen (secondary N) is 1. The van der Waals surface area contributed by atoms with Crippen molar-refractivity contribution in [2.75, 3.05) is 32.8 Å². The molecule has 1 aromatic heterocycles. The highest BCUT2D eigenvalue weighted by atomic mass is 16.5. The number of hydrogen-bond acceptors (Lipinski definition) is 4. The van der Waals surface area contributed by atoms with Crippen LogP contribution in [0.15, 0.2) is 70.4 Å². The molecule has 172 valence electrons. The topological polar surface area (TPSA) is 64.2 Å². The van der Waals surface area contributed by atoms with E-state index in [9.17, 15) is 9.59 Å². The van der Waals surface area contributed by atoms with Gasteiger partial charge in [0.1, 0.15) is 17.9 Å². The van der Waals surface area contributed by atoms with Crippen LogP contribution < -0.4 is 15.1 Å². The quantitative estimate of drug-likeness (QED) is 0.485. The van der Waals surface area contributed by atoms with Crippen molar-refractivity contribution in [3.63, 3.8) is 0 Å². The van der Waals surface area contributed by atoms with E-state index >= 15 is 0 Å². The summed E-state index contributed by atoms with van der Waals surface area (Å²) in [5, 5.41) is 0.495. The van der Waals surface area contributed by atoms with Crippen molar-refractivity contribution in [2.24, 2.45) is 0 Å². The van der Waals surface area contributed by atoms with Gasteiger partial charge in [0, 0.05) is 13.0 Å². The summed E-state index contributed by atoms with van der Waals surface area (Å²) in [5.74, 6) is 0.649. The molecule has 1 aliphatic rings. The maximum Gasteiger partial charge on any atom is 0.290 e. The Bertz CT molecular complexity index is 1190. The first kappa shape index (κ1) is 22.8. The fourth-order valence-corrected chi connectivity index (χ4v) is 4.55. The van der Waals surface area contributed by atoms with Crippen LogP contribution in [-0.4, -0.2) is 43.6 Å². The van der Waals surface area contributed by atoms with Gasteiger partial charge in [-0.2, -0.15) is 0 Å². The third-order valence-electron chi connectivity index (χ3n) is 6.37. The van der Waals surface area contributed by atoms with Gasteiger partial charge in [-0.3, -0.25) is 9.59 Å². The Balaban J connectivity index is 1.74. The van der Waals surface area contributed by atoms with E-state index in [4.69, 9.17) is 9.15 Å². The van der Waals surface area contributed by atoms with Crippen molar-refractivity contribution < 1.29 is 18.8 Å². The highest BCUT2D eigenvalue weighted by Gasteiger charge is 2.42. The van der Waals surface area contributed by atoms with Crippen molar-refractivity contribution in [3.8, 4) is 5.75 Å². The fraction of sp³-hybridized carbons (Fsp3) is 0.333. The zero-order chi connectivity index (χ0) is 23.4. The normalized spacial score (nSPS) is 15.3. The van der Waals surface area contributed by atoms with Gasteiger partial charge in [0.2, 0.25) is 5.76 Å². The molecule has 0 fully saturated rings. The monoisotopic (exact) mass is 447 g/mol. The summed E-state index contributed by atoms with van der Waals surface area (Å²) in [5.41, 5.74) is 1.59. The van der Waals surface area contributed by atoms with Gasteiger partial charge in [0.15, 0.2) is 5.43 Å². The summed E-state index contributed by atoms with van der Waals surface area (Å²) in [6.45, 7) is 12.0. The van der Waals surface area contributed by atoms with E-state index in [-0.39, 0.29) is 17.1 Å². The predicted octanol–water partition coefficient (Wildman–Crippen LogP) is 3.22.